The van der Waals surface area contributed by atoms with E-state index in [1.165, 1.54) is 0 Å². The first kappa shape index (κ1) is 8.89. The van der Waals surface area contributed by atoms with Gasteiger partial charge >= 0.3 is 0 Å². The van der Waals surface area contributed by atoms with Crippen molar-refractivity contribution in [1.29, 1.82) is 0 Å². The Morgan fingerprint density at radius 1 is 1.56 bits per heavy atom. The van der Waals surface area contributed by atoms with Crippen molar-refractivity contribution < 1.29 is 0 Å². The largest absolute Gasteiger partial charge is 0.358 e. The van der Waals surface area contributed by atoms with E-state index in [2.05, 4.69) is 38.5 Å². The Morgan fingerprint density at radius 2 is 2.00 bits per heavy atom. The minimum Gasteiger partial charge on any atom is -0.358 e. The molecule has 0 aliphatic carbocycles. The number of hydrogen-bond donors (Lipinski definition) is 0. The minimum atomic E-state index is 0.168. The first-order valence-corrected chi connectivity index (χ1v) is 3.57. The third-order valence-corrected chi connectivity index (χ3v) is 2.18. The predicted molar refractivity (Wildman–Crippen MR) is 44.7 cm³/mol. The number of rotatable bonds is 3. The maximum atomic E-state index is 4.67. The summed E-state index contributed by atoms with van der Waals surface area (Å²) in [5.41, 5.74) is 2.84. The van der Waals surface area contributed by atoms with Crippen LogP contribution in [-0.4, -0.2) is 23.0 Å². The van der Waals surface area contributed by atoms with Gasteiger partial charge in [-0.25, -0.2) is 0 Å². The first-order chi connectivity index (χ1) is 4.04. The molecule has 53 valence electrons. The second-order valence-electron chi connectivity index (χ2n) is 2.82. The molecule has 0 aromatic heterocycles. The fourth-order valence-corrected chi connectivity index (χ4v) is 0.608. The van der Waals surface area contributed by atoms with E-state index in [-0.39, 0.29) is 5.54 Å². The molecule has 0 fully saturated rings. The molecule has 0 saturated heterocycles. The Labute approximate surface area is 63.0 Å². The summed E-state index contributed by atoms with van der Waals surface area (Å²) in [5.74, 6) is 0. The summed E-state index contributed by atoms with van der Waals surface area (Å²) in [7, 11) is 1.95. The molecule has 0 unspecified atom stereocenters. The van der Waals surface area contributed by atoms with Gasteiger partial charge in [-0.15, -0.1) is 0 Å². The van der Waals surface area contributed by atoms with Crippen LogP contribution in [0.25, 0.3) is 0 Å². The lowest BCUT2D eigenvalue weighted by molar-refractivity contribution is 0.257. The van der Waals surface area contributed by atoms with E-state index in [1.807, 2.05) is 11.9 Å². The van der Waals surface area contributed by atoms with Crippen molar-refractivity contribution in [3.63, 3.8) is 0 Å². The molecular formula is C7H14NS. The zero-order valence-electron chi connectivity index (χ0n) is 6.56. The maximum absolute atomic E-state index is 4.67. The van der Waals surface area contributed by atoms with Crippen LogP contribution in [-0.2, 0) is 0 Å². The van der Waals surface area contributed by atoms with Gasteiger partial charge in [-0.05, 0) is 20.3 Å². The summed E-state index contributed by atoms with van der Waals surface area (Å²) < 4.78 is 0. The molecule has 0 amide bonds. The summed E-state index contributed by atoms with van der Waals surface area (Å²) >= 11 is 4.67. The van der Waals surface area contributed by atoms with Gasteiger partial charge in [0, 0.05) is 12.6 Å². The minimum absolute atomic E-state index is 0.168. The van der Waals surface area contributed by atoms with Crippen molar-refractivity contribution in [2.45, 2.75) is 32.7 Å². The van der Waals surface area contributed by atoms with Gasteiger partial charge < -0.3 is 4.90 Å². The zero-order chi connectivity index (χ0) is 7.49. The van der Waals surface area contributed by atoms with E-state index >= 15 is 0 Å². The molecule has 0 spiro atoms. The standard InChI is InChI=1S/C7H14NS/c1-5-7(2,3)8(4)6-9/h5H2,1-4H3. The Morgan fingerprint density at radius 3 is 2.11 bits per heavy atom. The fourth-order valence-electron chi connectivity index (χ4n) is 0.361. The van der Waals surface area contributed by atoms with E-state index < -0.39 is 0 Å². The second-order valence-corrected chi connectivity index (χ2v) is 3.00. The van der Waals surface area contributed by atoms with Crippen molar-refractivity contribution in [3.8, 4) is 0 Å². The van der Waals surface area contributed by atoms with E-state index in [9.17, 15) is 0 Å². The number of nitrogens with zero attached hydrogens (tertiary/aromatic N) is 1. The fraction of sp³-hybridized carbons (Fsp3) is 0.857. The van der Waals surface area contributed by atoms with Gasteiger partial charge in [0.1, 0.15) is 5.49 Å². The zero-order valence-corrected chi connectivity index (χ0v) is 7.38. The molecule has 0 aromatic carbocycles. The van der Waals surface area contributed by atoms with Gasteiger partial charge in [-0.3, -0.25) is 0 Å². The monoisotopic (exact) mass is 144 g/mol. The maximum Gasteiger partial charge on any atom is 0.137 e. The average Bonchev–Trinajstić information content (AvgIpc) is 1.86. The van der Waals surface area contributed by atoms with Crippen molar-refractivity contribution in [3.05, 3.63) is 0 Å². The van der Waals surface area contributed by atoms with Gasteiger partial charge in [0.25, 0.3) is 0 Å². The molecule has 0 saturated carbocycles. The molecule has 0 aromatic rings. The molecule has 9 heavy (non-hydrogen) atoms. The summed E-state index contributed by atoms with van der Waals surface area (Å²) in [6.07, 6.45) is 1.09. The van der Waals surface area contributed by atoms with Crippen LogP contribution < -0.4 is 0 Å². The summed E-state index contributed by atoms with van der Waals surface area (Å²) in [6.45, 7) is 6.43. The van der Waals surface area contributed by atoms with Gasteiger partial charge in [0.05, 0.1) is 0 Å². The lowest BCUT2D eigenvalue weighted by Gasteiger charge is -2.31. The summed E-state index contributed by atoms with van der Waals surface area (Å²) in [4.78, 5) is 1.93. The highest BCUT2D eigenvalue weighted by Gasteiger charge is 2.17. The Hall–Kier alpha value is -0.110. The summed E-state index contributed by atoms with van der Waals surface area (Å²) in [5, 5.41) is 0. The highest BCUT2D eigenvalue weighted by molar-refractivity contribution is 7.78. The molecule has 0 bridgehead atoms. The molecule has 0 heterocycles. The number of thiocarbonyl (C=S) groups is 1. The van der Waals surface area contributed by atoms with Crippen LogP contribution in [0.4, 0.5) is 0 Å². The topological polar surface area (TPSA) is 3.24 Å². The highest BCUT2D eigenvalue weighted by atomic mass is 32.1. The van der Waals surface area contributed by atoms with Gasteiger partial charge in [-0.2, -0.15) is 0 Å². The molecule has 0 atom stereocenters. The van der Waals surface area contributed by atoms with Crippen molar-refractivity contribution in [1.82, 2.24) is 4.90 Å². The van der Waals surface area contributed by atoms with Crippen molar-refractivity contribution in [2.24, 2.45) is 0 Å². The molecular weight excluding hydrogens is 130 g/mol. The predicted octanol–water partition coefficient (Wildman–Crippen LogP) is 1.94. The van der Waals surface area contributed by atoms with Gasteiger partial charge in [0.15, 0.2) is 0 Å². The van der Waals surface area contributed by atoms with Crippen LogP contribution in [0.5, 0.6) is 0 Å². The number of hydrogen-bond acceptors (Lipinski definition) is 1. The van der Waals surface area contributed by atoms with Crippen LogP contribution in [0.15, 0.2) is 0 Å². The van der Waals surface area contributed by atoms with E-state index in [0.717, 1.165) is 6.42 Å². The van der Waals surface area contributed by atoms with Crippen LogP contribution in [0.1, 0.15) is 27.2 Å². The molecule has 0 N–H and O–H groups in total. The van der Waals surface area contributed by atoms with Gasteiger partial charge in [0.2, 0.25) is 0 Å². The molecule has 0 aliphatic heterocycles. The van der Waals surface area contributed by atoms with Gasteiger partial charge in [-0.1, -0.05) is 19.1 Å². The van der Waals surface area contributed by atoms with E-state index in [0.29, 0.717) is 0 Å². The Bertz CT molecular complexity index is 99.1. The van der Waals surface area contributed by atoms with Crippen LogP contribution in [0.2, 0.25) is 0 Å². The smallest absolute Gasteiger partial charge is 0.137 e. The highest BCUT2D eigenvalue weighted by Crippen LogP contribution is 2.13. The quantitative estimate of drug-likeness (QED) is 0.440. The lowest BCUT2D eigenvalue weighted by atomic mass is 10.0. The average molecular weight is 144 g/mol. The first-order valence-electron chi connectivity index (χ1n) is 3.16. The molecule has 1 nitrogen and oxygen atoms in total. The molecule has 1 radical (unpaired) electrons. The second kappa shape index (κ2) is 3.16. The molecule has 0 aliphatic rings. The Kier molecular flexibility index (Phi) is 3.12. The Balaban J connectivity index is 3.95. The van der Waals surface area contributed by atoms with E-state index in [4.69, 9.17) is 0 Å². The SMILES string of the molecule is CCC(C)(C)N(C)[C]=S. The van der Waals surface area contributed by atoms with Crippen molar-refractivity contribution >= 4 is 17.7 Å². The van der Waals surface area contributed by atoms with Crippen LogP contribution >= 0.6 is 12.2 Å². The van der Waals surface area contributed by atoms with E-state index in [1.54, 1.807) is 0 Å². The third-order valence-electron chi connectivity index (χ3n) is 1.91. The van der Waals surface area contributed by atoms with Crippen LogP contribution in [0.3, 0.4) is 0 Å². The lowest BCUT2D eigenvalue weighted by Crippen LogP contribution is -2.38. The van der Waals surface area contributed by atoms with Crippen molar-refractivity contribution in [2.75, 3.05) is 7.05 Å². The molecule has 2 heteroatoms. The normalized spacial score (nSPS) is 11.1. The summed E-state index contributed by atoms with van der Waals surface area (Å²) in [6, 6.07) is 0. The third kappa shape index (κ3) is 2.31. The molecule has 0 rings (SSSR count). The van der Waals surface area contributed by atoms with Crippen LogP contribution in [0, 0.1) is 0 Å².